The second-order valence-electron chi connectivity index (χ2n) is 8.18. The number of nitrogens with one attached hydrogen (secondary N) is 1. The molecule has 2 heterocycles. The van der Waals surface area contributed by atoms with Crippen LogP contribution in [0, 0.1) is 18.3 Å². The summed E-state index contributed by atoms with van der Waals surface area (Å²) in [7, 11) is 0. The molecular weight excluding hydrogens is 400 g/mol. The van der Waals surface area contributed by atoms with Crippen LogP contribution in [0.5, 0.6) is 11.5 Å². The second kappa shape index (κ2) is 7.98. The number of hydrogen-bond acceptors (Lipinski definition) is 6. The summed E-state index contributed by atoms with van der Waals surface area (Å²) >= 11 is 0. The smallest absolute Gasteiger partial charge is 0.158 e. The van der Waals surface area contributed by atoms with Crippen molar-refractivity contribution in [1.82, 2.24) is 14.5 Å². The highest BCUT2D eigenvalue weighted by atomic mass is 16.5. The van der Waals surface area contributed by atoms with E-state index in [0.717, 1.165) is 58.0 Å². The van der Waals surface area contributed by atoms with Gasteiger partial charge in [0.2, 0.25) is 0 Å². The number of anilines is 2. The van der Waals surface area contributed by atoms with E-state index in [4.69, 9.17) is 10.5 Å². The van der Waals surface area contributed by atoms with Gasteiger partial charge in [0, 0.05) is 25.0 Å². The second-order valence-corrected chi connectivity index (χ2v) is 8.18. The summed E-state index contributed by atoms with van der Waals surface area (Å²) in [5.41, 5.74) is 10.1. The molecular formula is C25H24N6O. The predicted molar refractivity (Wildman–Crippen MR) is 124 cm³/mol. The first-order valence-corrected chi connectivity index (χ1v) is 10.7. The maximum absolute atomic E-state index is 9.47. The van der Waals surface area contributed by atoms with Gasteiger partial charge >= 0.3 is 0 Å². The fourth-order valence-electron chi connectivity index (χ4n) is 4.00. The van der Waals surface area contributed by atoms with Crippen LogP contribution in [-0.4, -0.2) is 21.1 Å². The number of nitrogens with zero attached hydrogens (tertiary/aromatic N) is 4. The van der Waals surface area contributed by atoms with Gasteiger partial charge in [0.15, 0.2) is 5.82 Å². The zero-order chi connectivity index (χ0) is 22.1. The van der Waals surface area contributed by atoms with E-state index in [1.165, 1.54) is 0 Å². The monoisotopic (exact) mass is 424 g/mol. The molecule has 7 nitrogen and oxygen atoms in total. The molecule has 1 aliphatic rings. The highest BCUT2D eigenvalue weighted by molar-refractivity contribution is 5.88. The molecule has 0 saturated heterocycles. The van der Waals surface area contributed by atoms with Crippen molar-refractivity contribution in [2.75, 3.05) is 11.9 Å². The first-order valence-electron chi connectivity index (χ1n) is 10.7. The first-order chi connectivity index (χ1) is 15.6. The number of rotatable bonds is 7. The summed E-state index contributed by atoms with van der Waals surface area (Å²) in [5.74, 6) is 2.25. The Morgan fingerprint density at radius 1 is 1.19 bits per heavy atom. The van der Waals surface area contributed by atoms with Crippen molar-refractivity contribution in [3.63, 3.8) is 0 Å². The molecule has 7 heteroatoms. The SMILES string of the molecule is Cc1cc(Nc2ncnc3ccn(CCN)c23)ccc1Oc1cccc(C2(C#N)CC2)c1. The maximum atomic E-state index is 9.47. The van der Waals surface area contributed by atoms with Gasteiger partial charge in [-0.15, -0.1) is 0 Å². The van der Waals surface area contributed by atoms with Crippen LogP contribution >= 0.6 is 0 Å². The summed E-state index contributed by atoms with van der Waals surface area (Å²) in [4.78, 5) is 8.79. The fourth-order valence-corrected chi connectivity index (χ4v) is 4.00. The number of benzene rings is 2. The summed E-state index contributed by atoms with van der Waals surface area (Å²) in [6.07, 6.45) is 5.36. The molecule has 32 heavy (non-hydrogen) atoms. The number of fused-ring (bicyclic) bond motifs is 1. The van der Waals surface area contributed by atoms with Gasteiger partial charge in [-0.25, -0.2) is 9.97 Å². The topological polar surface area (TPSA) is 102 Å². The third kappa shape index (κ3) is 3.66. The summed E-state index contributed by atoms with van der Waals surface area (Å²) in [5, 5.41) is 12.9. The van der Waals surface area contributed by atoms with Crippen LogP contribution < -0.4 is 15.8 Å². The molecule has 160 valence electrons. The van der Waals surface area contributed by atoms with Crippen molar-refractivity contribution in [2.45, 2.75) is 31.7 Å². The molecule has 0 radical (unpaired) electrons. The number of ether oxygens (including phenoxy) is 1. The van der Waals surface area contributed by atoms with Gasteiger partial charge in [-0.2, -0.15) is 5.26 Å². The Morgan fingerprint density at radius 2 is 2.06 bits per heavy atom. The van der Waals surface area contributed by atoms with Crippen molar-refractivity contribution in [3.8, 4) is 17.6 Å². The number of nitriles is 1. The van der Waals surface area contributed by atoms with E-state index in [0.29, 0.717) is 13.1 Å². The Hall–Kier alpha value is -3.89. The van der Waals surface area contributed by atoms with Crippen LogP contribution in [0.4, 0.5) is 11.5 Å². The van der Waals surface area contributed by atoms with Crippen LogP contribution in [-0.2, 0) is 12.0 Å². The standard InChI is InChI=1S/C25H24N6O/c1-17-13-19(30-24-23-21(28-16-29-24)7-11-31(23)12-10-26)5-6-22(17)32-20-4-2-3-18(14-20)25(15-27)8-9-25/h2-7,11,13-14,16H,8-10,12,26H2,1H3,(H,28,29,30). The summed E-state index contributed by atoms with van der Waals surface area (Å²) < 4.78 is 8.21. The van der Waals surface area contributed by atoms with E-state index in [1.54, 1.807) is 6.33 Å². The Bertz CT molecular complexity index is 1330. The first kappa shape index (κ1) is 20.0. The van der Waals surface area contributed by atoms with E-state index in [2.05, 4.69) is 25.9 Å². The molecule has 5 rings (SSSR count). The molecule has 0 bridgehead atoms. The van der Waals surface area contributed by atoms with Gasteiger partial charge in [-0.05, 0) is 67.3 Å². The lowest BCUT2D eigenvalue weighted by Gasteiger charge is -2.14. The van der Waals surface area contributed by atoms with E-state index in [9.17, 15) is 5.26 Å². The molecule has 2 aromatic heterocycles. The lowest BCUT2D eigenvalue weighted by Crippen LogP contribution is -2.10. The summed E-state index contributed by atoms with van der Waals surface area (Å²) in [6, 6.07) is 18.2. The molecule has 1 fully saturated rings. The average Bonchev–Trinajstić information content (AvgIpc) is 3.51. The molecule has 1 aliphatic carbocycles. The van der Waals surface area contributed by atoms with Crippen LogP contribution in [0.2, 0.25) is 0 Å². The summed E-state index contributed by atoms with van der Waals surface area (Å²) in [6.45, 7) is 3.25. The van der Waals surface area contributed by atoms with Gasteiger partial charge in [0.1, 0.15) is 23.3 Å². The minimum atomic E-state index is -0.327. The Morgan fingerprint density at radius 3 is 2.81 bits per heavy atom. The molecule has 0 atom stereocenters. The van der Waals surface area contributed by atoms with Gasteiger partial charge < -0.3 is 20.4 Å². The number of hydrogen-bond donors (Lipinski definition) is 2. The molecule has 3 N–H and O–H groups in total. The van der Waals surface area contributed by atoms with E-state index in [-0.39, 0.29) is 5.41 Å². The van der Waals surface area contributed by atoms with Crippen LogP contribution in [0.15, 0.2) is 61.1 Å². The Balaban J connectivity index is 1.38. The highest BCUT2D eigenvalue weighted by Gasteiger charge is 2.45. The molecule has 0 aliphatic heterocycles. The zero-order valence-corrected chi connectivity index (χ0v) is 17.9. The van der Waals surface area contributed by atoms with Gasteiger partial charge in [-0.3, -0.25) is 0 Å². The zero-order valence-electron chi connectivity index (χ0n) is 17.9. The molecule has 1 saturated carbocycles. The van der Waals surface area contributed by atoms with Crippen LogP contribution in [0.1, 0.15) is 24.0 Å². The average molecular weight is 425 g/mol. The lowest BCUT2D eigenvalue weighted by atomic mass is 9.98. The minimum absolute atomic E-state index is 0.327. The van der Waals surface area contributed by atoms with Crippen LogP contribution in [0.3, 0.4) is 0 Å². The highest BCUT2D eigenvalue weighted by Crippen LogP contribution is 2.48. The molecule has 0 unspecified atom stereocenters. The fraction of sp³-hybridized carbons (Fsp3) is 0.240. The maximum Gasteiger partial charge on any atom is 0.158 e. The molecule has 2 aromatic carbocycles. The van der Waals surface area contributed by atoms with Crippen molar-refractivity contribution in [2.24, 2.45) is 5.73 Å². The van der Waals surface area contributed by atoms with E-state index < -0.39 is 0 Å². The largest absolute Gasteiger partial charge is 0.457 e. The van der Waals surface area contributed by atoms with Crippen LogP contribution in [0.25, 0.3) is 11.0 Å². The number of aryl methyl sites for hydroxylation is 1. The normalized spacial score (nSPS) is 14.2. The number of aromatic nitrogens is 3. The van der Waals surface area contributed by atoms with Crippen molar-refractivity contribution in [1.29, 1.82) is 5.26 Å². The Kier molecular flexibility index (Phi) is 5.00. The minimum Gasteiger partial charge on any atom is -0.457 e. The van der Waals surface area contributed by atoms with Crippen molar-refractivity contribution >= 4 is 22.5 Å². The molecule has 0 amide bonds. The quantitative estimate of drug-likeness (QED) is 0.442. The van der Waals surface area contributed by atoms with Crippen molar-refractivity contribution in [3.05, 3.63) is 72.2 Å². The van der Waals surface area contributed by atoms with Crippen molar-refractivity contribution < 1.29 is 4.74 Å². The lowest BCUT2D eigenvalue weighted by molar-refractivity contribution is 0.478. The predicted octanol–water partition coefficient (Wildman–Crippen LogP) is 4.79. The molecule has 0 spiro atoms. The van der Waals surface area contributed by atoms with Gasteiger partial charge in [0.05, 0.1) is 17.0 Å². The third-order valence-electron chi connectivity index (χ3n) is 5.94. The van der Waals surface area contributed by atoms with Gasteiger partial charge in [-0.1, -0.05) is 12.1 Å². The van der Waals surface area contributed by atoms with E-state index >= 15 is 0 Å². The molecule has 4 aromatic rings. The Labute approximate surface area is 186 Å². The number of nitrogens with two attached hydrogens (primary N) is 1. The van der Waals surface area contributed by atoms with Gasteiger partial charge in [0.25, 0.3) is 0 Å². The van der Waals surface area contributed by atoms with E-state index in [1.807, 2.05) is 61.7 Å². The third-order valence-corrected chi connectivity index (χ3v) is 5.94.